The average Bonchev–Trinajstić information content (AvgIpc) is 2.01. The van der Waals surface area contributed by atoms with Gasteiger partial charge in [-0.25, -0.2) is 13.4 Å². The van der Waals surface area contributed by atoms with Crippen LogP contribution in [0.1, 0.15) is 6.92 Å². The molecule has 0 saturated carbocycles. The summed E-state index contributed by atoms with van der Waals surface area (Å²) in [6.45, 7) is 1.33. The molecule has 14 heavy (non-hydrogen) atoms. The predicted octanol–water partition coefficient (Wildman–Crippen LogP) is 0.443. The molecule has 0 atom stereocenters. The van der Waals surface area contributed by atoms with Crippen LogP contribution in [-0.4, -0.2) is 25.6 Å². The Balaban J connectivity index is 3.08. The van der Waals surface area contributed by atoms with Crippen LogP contribution < -0.4 is 5.32 Å². The normalized spacial score (nSPS) is 11.0. The minimum Gasteiger partial charge on any atom is -0.311 e. The van der Waals surface area contributed by atoms with Gasteiger partial charge in [-0.05, 0) is 12.1 Å². The summed E-state index contributed by atoms with van der Waals surface area (Å²) in [5.41, 5.74) is 0. The molecule has 0 aliphatic rings. The van der Waals surface area contributed by atoms with Gasteiger partial charge in [0, 0.05) is 19.4 Å². The van der Waals surface area contributed by atoms with Gasteiger partial charge in [-0.3, -0.25) is 4.79 Å². The molecule has 1 rings (SSSR count). The predicted molar refractivity (Wildman–Crippen MR) is 51.7 cm³/mol. The Hall–Kier alpha value is -1.43. The van der Waals surface area contributed by atoms with Crippen molar-refractivity contribution in [3.8, 4) is 0 Å². The molecule has 6 heteroatoms. The van der Waals surface area contributed by atoms with Gasteiger partial charge in [0.2, 0.25) is 5.91 Å². The van der Waals surface area contributed by atoms with Gasteiger partial charge in [-0.2, -0.15) is 0 Å². The van der Waals surface area contributed by atoms with Crippen LogP contribution in [0.2, 0.25) is 0 Å². The molecule has 1 heterocycles. The molecule has 5 nitrogen and oxygen atoms in total. The number of amides is 1. The average molecular weight is 214 g/mol. The standard InChI is InChI=1S/C8H10N2O3S/c1-6(11)10-8-5-7(3-4-9-8)14(2,12)13/h3-5H,1-2H3,(H,9,10,11). The van der Waals surface area contributed by atoms with Crippen molar-refractivity contribution in [2.45, 2.75) is 11.8 Å². The van der Waals surface area contributed by atoms with Crippen molar-refractivity contribution in [1.82, 2.24) is 4.98 Å². The van der Waals surface area contributed by atoms with Crippen LogP contribution in [-0.2, 0) is 14.6 Å². The number of pyridine rings is 1. The quantitative estimate of drug-likeness (QED) is 0.775. The second-order valence-corrected chi connectivity index (χ2v) is 4.85. The van der Waals surface area contributed by atoms with Gasteiger partial charge in [0.1, 0.15) is 5.82 Å². The van der Waals surface area contributed by atoms with Gasteiger partial charge >= 0.3 is 0 Å². The van der Waals surface area contributed by atoms with E-state index >= 15 is 0 Å². The smallest absolute Gasteiger partial charge is 0.222 e. The Morgan fingerprint density at radius 1 is 1.50 bits per heavy atom. The lowest BCUT2D eigenvalue weighted by atomic mass is 10.4. The summed E-state index contributed by atoms with van der Waals surface area (Å²) in [6, 6.07) is 2.69. The number of hydrogen-bond donors (Lipinski definition) is 1. The van der Waals surface area contributed by atoms with Crippen molar-refractivity contribution in [1.29, 1.82) is 0 Å². The van der Waals surface area contributed by atoms with E-state index in [0.29, 0.717) is 0 Å². The molecule has 0 radical (unpaired) electrons. The SMILES string of the molecule is CC(=O)Nc1cc(S(C)(=O)=O)ccn1. The lowest BCUT2D eigenvalue weighted by Gasteiger charge is -2.02. The van der Waals surface area contributed by atoms with Crippen LogP contribution in [0.4, 0.5) is 5.82 Å². The lowest BCUT2D eigenvalue weighted by Crippen LogP contribution is -2.08. The zero-order valence-electron chi connectivity index (χ0n) is 7.81. The summed E-state index contributed by atoms with van der Waals surface area (Å²) in [6.07, 6.45) is 2.43. The fraction of sp³-hybridized carbons (Fsp3) is 0.250. The minimum absolute atomic E-state index is 0.135. The van der Waals surface area contributed by atoms with Crippen molar-refractivity contribution in [2.24, 2.45) is 0 Å². The third-order valence-electron chi connectivity index (χ3n) is 1.46. The maximum atomic E-state index is 11.1. The van der Waals surface area contributed by atoms with E-state index in [1.165, 1.54) is 25.3 Å². The van der Waals surface area contributed by atoms with Gasteiger partial charge in [0.15, 0.2) is 9.84 Å². The Bertz CT molecular complexity index is 453. The van der Waals surface area contributed by atoms with Gasteiger partial charge in [0.25, 0.3) is 0 Å². The molecule has 1 N–H and O–H groups in total. The number of anilines is 1. The van der Waals surface area contributed by atoms with Crippen LogP contribution in [0.3, 0.4) is 0 Å². The molecule has 0 fully saturated rings. The van der Waals surface area contributed by atoms with Crippen LogP contribution in [0.15, 0.2) is 23.2 Å². The van der Waals surface area contributed by atoms with E-state index in [1.807, 2.05) is 0 Å². The first-order valence-electron chi connectivity index (χ1n) is 3.83. The summed E-state index contributed by atoms with van der Waals surface area (Å²) >= 11 is 0. The number of nitrogens with one attached hydrogen (secondary N) is 1. The Labute approximate surface area is 82.1 Å². The van der Waals surface area contributed by atoms with Crippen LogP contribution in [0.25, 0.3) is 0 Å². The van der Waals surface area contributed by atoms with Crippen molar-refractivity contribution < 1.29 is 13.2 Å². The van der Waals surface area contributed by atoms with Gasteiger partial charge in [-0.1, -0.05) is 0 Å². The molecule has 0 spiro atoms. The first kappa shape index (κ1) is 10.6. The number of aromatic nitrogens is 1. The molecular formula is C8H10N2O3S. The topological polar surface area (TPSA) is 76.1 Å². The molecule has 1 amide bonds. The second-order valence-electron chi connectivity index (χ2n) is 2.83. The molecule has 0 aromatic carbocycles. The number of carbonyl (C=O) groups is 1. The molecule has 0 unspecified atom stereocenters. The third kappa shape index (κ3) is 2.81. The van der Waals surface area contributed by atoms with Gasteiger partial charge in [0.05, 0.1) is 4.90 Å². The highest BCUT2D eigenvalue weighted by Crippen LogP contribution is 2.11. The van der Waals surface area contributed by atoms with Crippen molar-refractivity contribution >= 4 is 21.6 Å². The maximum absolute atomic E-state index is 11.1. The van der Waals surface area contributed by atoms with Crippen molar-refractivity contribution in [2.75, 3.05) is 11.6 Å². The number of nitrogens with zero attached hydrogens (tertiary/aromatic N) is 1. The zero-order valence-corrected chi connectivity index (χ0v) is 8.63. The minimum atomic E-state index is -3.25. The summed E-state index contributed by atoms with van der Waals surface area (Å²) < 4.78 is 22.3. The van der Waals surface area contributed by atoms with Gasteiger partial charge < -0.3 is 5.32 Å². The highest BCUT2D eigenvalue weighted by atomic mass is 32.2. The second kappa shape index (κ2) is 3.75. The Kier molecular flexibility index (Phi) is 2.85. The first-order valence-corrected chi connectivity index (χ1v) is 5.72. The van der Waals surface area contributed by atoms with E-state index in [4.69, 9.17) is 0 Å². The molecule has 1 aromatic rings. The summed E-state index contributed by atoms with van der Waals surface area (Å²) in [5.74, 6) is -0.0522. The van der Waals surface area contributed by atoms with Crippen LogP contribution in [0.5, 0.6) is 0 Å². The summed E-state index contributed by atoms with van der Waals surface area (Å²) in [7, 11) is -3.25. The third-order valence-corrected chi connectivity index (χ3v) is 2.57. The summed E-state index contributed by atoms with van der Waals surface area (Å²) in [5, 5.41) is 2.40. The van der Waals surface area contributed by atoms with Gasteiger partial charge in [-0.15, -0.1) is 0 Å². The Morgan fingerprint density at radius 2 is 2.14 bits per heavy atom. The number of rotatable bonds is 2. The largest absolute Gasteiger partial charge is 0.311 e. The molecule has 0 aliphatic heterocycles. The van der Waals surface area contributed by atoms with E-state index in [2.05, 4.69) is 10.3 Å². The monoisotopic (exact) mass is 214 g/mol. The first-order chi connectivity index (χ1) is 6.39. The van der Waals surface area contributed by atoms with Crippen molar-refractivity contribution in [3.05, 3.63) is 18.3 Å². The fourth-order valence-corrected chi connectivity index (χ4v) is 1.52. The van der Waals surface area contributed by atoms with Crippen LogP contribution >= 0.6 is 0 Å². The molecule has 0 aliphatic carbocycles. The van der Waals surface area contributed by atoms with Crippen LogP contribution in [0, 0.1) is 0 Å². The lowest BCUT2D eigenvalue weighted by molar-refractivity contribution is -0.114. The molecular weight excluding hydrogens is 204 g/mol. The van der Waals surface area contributed by atoms with E-state index < -0.39 is 9.84 Å². The summed E-state index contributed by atoms with van der Waals surface area (Å²) in [4.78, 5) is 14.6. The molecule has 76 valence electrons. The molecule has 0 saturated heterocycles. The number of sulfone groups is 1. The van der Waals surface area contributed by atoms with E-state index in [0.717, 1.165) is 6.26 Å². The number of hydrogen-bond acceptors (Lipinski definition) is 4. The van der Waals surface area contributed by atoms with E-state index in [-0.39, 0.29) is 16.6 Å². The van der Waals surface area contributed by atoms with E-state index in [1.54, 1.807) is 0 Å². The number of carbonyl (C=O) groups excluding carboxylic acids is 1. The van der Waals surface area contributed by atoms with E-state index in [9.17, 15) is 13.2 Å². The maximum Gasteiger partial charge on any atom is 0.222 e. The highest BCUT2D eigenvalue weighted by Gasteiger charge is 2.08. The Morgan fingerprint density at radius 3 is 2.64 bits per heavy atom. The molecule has 0 bridgehead atoms. The molecule has 1 aromatic heterocycles. The van der Waals surface area contributed by atoms with Crippen molar-refractivity contribution in [3.63, 3.8) is 0 Å². The highest BCUT2D eigenvalue weighted by molar-refractivity contribution is 7.90. The fourth-order valence-electron chi connectivity index (χ4n) is 0.891. The zero-order chi connectivity index (χ0) is 10.8.